The lowest BCUT2D eigenvalue weighted by Crippen LogP contribution is -2.27. The van der Waals surface area contributed by atoms with Crippen LogP contribution in [0, 0.1) is 17.8 Å². The molecule has 0 aliphatic heterocycles. The fourth-order valence-electron chi connectivity index (χ4n) is 4.98. The summed E-state index contributed by atoms with van der Waals surface area (Å²) in [5, 5.41) is 0. The summed E-state index contributed by atoms with van der Waals surface area (Å²) in [6.07, 6.45) is 9.61. The quantitative estimate of drug-likeness (QED) is 0.583. The molecule has 1 aromatic heterocycles. The van der Waals surface area contributed by atoms with E-state index in [2.05, 4.69) is 16.5 Å². The van der Waals surface area contributed by atoms with Gasteiger partial charge < -0.3 is 9.72 Å². The Kier molecular flexibility index (Phi) is 4.84. The number of methoxy groups -OCH3 is 1. The summed E-state index contributed by atoms with van der Waals surface area (Å²) < 4.78 is 5.20. The van der Waals surface area contributed by atoms with E-state index in [0.717, 1.165) is 47.4 Å². The molecule has 0 spiro atoms. The van der Waals surface area contributed by atoms with E-state index < -0.39 is 0 Å². The SMILES string of the molecule is C=C1C[C@H]2CC[C@H](CCCCCc3nc4ccc(OC)cc4[nH]c3=O)[C@@H]12. The number of H-pyrrole nitrogens is 1. The Labute approximate surface area is 154 Å². The zero-order valence-corrected chi connectivity index (χ0v) is 15.6. The third-order valence-electron chi connectivity index (χ3n) is 6.38. The van der Waals surface area contributed by atoms with Gasteiger partial charge in [0.15, 0.2) is 0 Å². The van der Waals surface area contributed by atoms with E-state index in [9.17, 15) is 4.79 Å². The minimum absolute atomic E-state index is 0.0739. The fourth-order valence-corrected chi connectivity index (χ4v) is 4.98. The molecule has 2 aliphatic carbocycles. The Morgan fingerprint density at radius 2 is 2.15 bits per heavy atom. The zero-order valence-electron chi connectivity index (χ0n) is 15.6. The number of hydrogen-bond acceptors (Lipinski definition) is 3. The standard InChI is InChI=1S/C22H28N2O2/c1-14-12-16-9-8-15(21(14)16)6-4-3-5-7-19-22(25)24-20-13-17(26-2)10-11-18(20)23-19/h10-11,13,15-16,21H,1,3-9,12H2,2H3,(H,24,25)/t15-,16+,21+/m0/s1. The van der Waals surface area contributed by atoms with Gasteiger partial charge in [-0.3, -0.25) is 4.79 Å². The first-order valence-corrected chi connectivity index (χ1v) is 9.90. The van der Waals surface area contributed by atoms with E-state index in [1.54, 1.807) is 7.11 Å². The molecule has 0 saturated heterocycles. The second kappa shape index (κ2) is 7.26. The third-order valence-corrected chi connectivity index (χ3v) is 6.38. The van der Waals surface area contributed by atoms with Crippen LogP contribution in [0.1, 0.15) is 50.6 Å². The number of aromatic nitrogens is 2. The summed E-state index contributed by atoms with van der Waals surface area (Å²) in [6.45, 7) is 4.23. The molecule has 0 radical (unpaired) electrons. The maximum atomic E-state index is 12.3. The van der Waals surface area contributed by atoms with Crippen LogP contribution in [0.15, 0.2) is 35.1 Å². The maximum Gasteiger partial charge on any atom is 0.270 e. The fraction of sp³-hybridized carbons (Fsp3) is 0.545. The highest BCUT2D eigenvalue weighted by molar-refractivity contribution is 5.75. The van der Waals surface area contributed by atoms with E-state index in [1.807, 2.05) is 18.2 Å². The van der Waals surface area contributed by atoms with Crippen molar-refractivity contribution in [1.82, 2.24) is 9.97 Å². The van der Waals surface area contributed by atoms with Gasteiger partial charge in [-0.25, -0.2) is 4.98 Å². The number of hydrogen-bond donors (Lipinski definition) is 1. The average Bonchev–Trinajstić information content (AvgIpc) is 2.97. The Balaban J connectivity index is 1.28. The summed E-state index contributed by atoms with van der Waals surface area (Å²) in [6, 6.07) is 5.59. The number of ether oxygens (including phenoxy) is 1. The van der Waals surface area contributed by atoms with Gasteiger partial charge in [0.25, 0.3) is 5.56 Å². The highest BCUT2D eigenvalue weighted by atomic mass is 16.5. The molecule has 4 heteroatoms. The largest absolute Gasteiger partial charge is 0.497 e. The molecular formula is C22H28N2O2. The number of allylic oxidation sites excluding steroid dienone is 1. The number of fused-ring (bicyclic) bond motifs is 2. The Bertz CT molecular complexity index is 870. The van der Waals surface area contributed by atoms with E-state index in [1.165, 1.54) is 44.1 Å². The highest BCUT2D eigenvalue weighted by Gasteiger charge is 2.44. The van der Waals surface area contributed by atoms with Gasteiger partial charge in [-0.15, -0.1) is 0 Å². The molecule has 3 atom stereocenters. The number of nitrogens with one attached hydrogen (secondary N) is 1. The van der Waals surface area contributed by atoms with Gasteiger partial charge in [0.05, 0.1) is 18.1 Å². The number of rotatable bonds is 7. The van der Waals surface area contributed by atoms with Gasteiger partial charge in [0.1, 0.15) is 11.4 Å². The van der Waals surface area contributed by atoms with Crippen molar-refractivity contribution in [3.8, 4) is 5.75 Å². The molecule has 2 saturated carbocycles. The van der Waals surface area contributed by atoms with Crippen molar-refractivity contribution in [1.29, 1.82) is 0 Å². The predicted molar refractivity (Wildman–Crippen MR) is 105 cm³/mol. The molecule has 2 aliphatic rings. The van der Waals surface area contributed by atoms with Crippen molar-refractivity contribution in [2.45, 2.75) is 51.4 Å². The van der Waals surface area contributed by atoms with Gasteiger partial charge in [0, 0.05) is 6.07 Å². The van der Waals surface area contributed by atoms with Crippen LogP contribution in [0.3, 0.4) is 0 Å². The molecule has 138 valence electrons. The topological polar surface area (TPSA) is 55.0 Å². The number of nitrogens with zero attached hydrogens (tertiary/aromatic N) is 1. The monoisotopic (exact) mass is 352 g/mol. The van der Waals surface area contributed by atoms with Crippen molar-refractivity contribution >= 4 is 11.0 Å². The van der Waals surface area contributed by atoms with Crippen LogP contribution in [-0.4, -0.2) is 17.1 Å². The lowest BCUT2D eigenvalue weighted by Gasteiger charge is -2.37. The van der Waals surface area contributed by atoms with E-state index in [4.69, 9.17) is 4.74 Å². The molecule has 4 nitrogen and oxygen atoms in total. The van der Waals surface area contributed by atoms with Crippen molar-refractivity contribution in [2.75, 3.05) is 7.11 Å². The average molecular weight is 352 g/mol. The molecular weight excluding hydrogens is 324 g/mol. The Morgan fingerprint density at radius 3 is 2.96 bits per heavy atom. The van der Waals surface area contributed by atoms with Crippen LogP contribution in [0.25, 0.3) is 11.0 Å². The number of unbranched alkanes of at least 4 members (excludes halogenated alkanes) is 2. The summed E-state index contributed by atoms with van der Waals surface area (Å²) in [7, 11) is 1.62. The summed E-state index contributed by atoms with van der Waals surface area (Å²) in [5.41, 5.74) is 3.63. The molecule has 0 amide bonds. The predicted octanol–water partition coefficient (Wildman–Crippen LogP) is 4.64. The van der Waals surface area contributed by atoms with Crippen LogP contribution in [0.5, 0.6) is 5.75 Å². The van der Waals surface area contributed by atoms with Crippen LogP contribution in [0.2, 0.25) is 0 Å². The molecule has 4 rings (SSSR count). The minimum atomic E-state index is -0.0739. The first-order valence-electron chi connectivity index (χ1n) is 9.90. The van der Waals surface area contributed by atoms with Gasteiger partial charge >= 0.3 is 0 Å². The minimum Gasteiger partial charge on any atom is -0.497 e. The molecule has 0 unspecified atom stereocenters. The van der Waals surface area contributed by atoms with Crippen LogP contribution < -0.4 is 10.3 Å². The van der Waals surface area contributed by atoms with Crippen molar-refractivity contribution < 1.29 is 4.74 Å². The van der Waals surface area contributed by atoms with Gasteiger partial charge in [0.2, 0.25) is 0 Å². The number of aromatic amines is 1. The van der Waals surface area contributed by atoms with Crippen LogP contribution >= 0.6 is 0 Å². The molecule has 26 heavy (non-hydrogen) atoms. The zero-order chi connectivity index (χ0) is 18.1. The molecule has 2 fully saturated rings. The second-order valence-corrected chi connectivity index (χ2v) is 7.98. The first-order chi connectivity index (χ1) is 12.7. The normalized spacial score (nSPS) is 24.5. The highest BCUT2D eigenvalue weighted by Crippen LogP contribution is 2.54. The van der Waals surface area contributed by atoms with Crippen LogP contribution in [-0.2, 0) is 6.42 Å². The molecule has 1 N–H and O–H groups in total. The summed E-state index contributed by atoms with van der Waals surface area (Å²) in [4.78, 5) is 19.7. The molecule has 0 bridgehead atoms. The van der Waals surface area contributed by atoms with E-state index >= 15 is 0 Å². The van der Waals surface area contributed by atoms with Crippen molar-refractivity contribution in [3.05, 3.63) is 46.4 Å². The van der Waals surface area contributed by atoms with Crippen LogP contribution in [0.4, 0.5) is 0 Å². The Hall–Kier alpha value is -2.10. The number of benzene rings is 1. The second-order valence-electron chi connectivity index (χ2n) is 7.98. The van der Waals surface area contributed by atoms with E-state index in [0.29, 0.717) is 5.69 Å². The first kappa shape index (κ1) is 17.3. The smallest absolute Gasteiger partial charge is 0.270 e. The van der Waals surface area contributed by atoms with Gasteiger partial charge in [-0.1, -0.05) is 25.0 Å². The lowest BCUT2D eigenvalue weighted by molar-refractivity contribution is 0.256. The Morgan fingerprint density at radius 1 is 1.27 bits per heavy atom. The van der Waals surface area contributed by atoms with Gasteiger partial charge in [-0.2, -0.15) is 0 Å². The molecule has 1 aromatic carbocycles. The third kappa shape index (κ3) is 3.29. The maximum absolute atomic E-state index is 12.3. The summed E-state index contributed by atoms with van der Waals surface area (Å²) in [5.74, 6) is 3.38. The lowest BCUT2D eigenvalue weighted by atomic mass is 9.68. The van der Waals surface area contributed by atoms with Gasteiger partial charge in [-0.05, 0) is 68.4 Å². The molecule has 1 heterocycles. The molecule has 2 aromatic rings. The number of aryl methyl sites for hydroxylation is 1. The summed E-state index contributed by atoms with van der Waals surface area (Å²) >= 11 is 0. The van der Waals surface area contributed by atoms with Crippen molar-refractivity contribution in [3.63, 3.8) is 0 Å². The van der Waals surface area contributed by atoms with Crippen molar-refractivity contribution in [2.24, 2.45) is 17.8 Å². The van der Waals surface area contributed by atoms with E-state index in [-0.39, 0.29) is 5.56 Å².